The van der Waals surface area contributed by atoms with Gasteiger partial charge in [0.25, 0.3) is 5.91 Å². The van der Waals surface area contributed by atoms with Crippen LogP contribution in [-0.4, -0.2) is 62.7 Å². The summed E-state index contributed by atoms with van der Waals surface area (Å²) in [6, 6.07) is 9.21. The number of halogens is 1. The molecule has 0 fully saturated rings. The molecule has 0 radical (unpaired) electrons. The van der Waals surface area contributed by atoms with Crippen molar-refractivity contribution in [3.05, 3.63) is 53.9 Å². The van der Waals surface area contributed by atoms with Crippen LogP contribution in [0.4, 0.5) is 0 Å². The van der Waals surface area contributed by atoms with Crippen molar-refractivity contribution >= 4 is 35.8 Å². The van der Waals surface area contributed by atoms with Crippen LogP contribution in [0.2, 0.25) is 0 Å². The molecule has 30 heavy (non-hydrogen) atoms. The van der Waals surface area contributed by atoms with E-state index in [0.717, 1.165) is 29.6 Å². The van der Waals surface area contributed by atoms with E-state index in [0.29, 0.717) is 25.2 Å². The molecule has 0 saturated carbocycles. The third kappa shape index (κ3) is 7.69. The minimum atomic E-state index is -0.158. The van der Waals surface area contributed by atoms with E-state index >= 15 is 0 Å². The van der Waals surface area contributed by atoms with Crippen LogP contribution in [0, 0.1) is 0 Å². The van der Waals surface area contributed by atoms with Gasteiger partial charge >= 0.3 is 0 Å². The molecule has 1 aromatic heterocycles. The van der Waals surface area contributed by atoms with Crippen molar-refractivity contribution in [1.29, 1.82) is 0 Å². The fraction of sp³-hybridized carbons (Fsp3) is 0.381. The molecule has 2 rings (SSSR count). The molecule has 8 nitrogen and oxygen atoms in total. The van der Waals surface area contributed by atoms with Crippen LogP contribution in [0.1, 0.15) is 22.8 Å². The molecule has 0 bridgehead atoms. The van der Waals surface area contributed by atoms with Crippen LogP contribution in [0.3, 0.4) is 0 Å². The molecule has 2 N–H and O–H groups in total. The van der Waals surface area contributed by atoms with E-state index < -0.39 is 0 Å². The first kappa shape index (κ1) is 25.5. The molecular formula is C21H30IN5O3. The number of aromatic nitrogens is 1. The maximum absolute atomic E-state index is 12.1. The molecule has 0 saturated heterocycles. The number of hydrogen-bond donors (Lipinski definition) is 2. The van der Waals surface area contributed by atoms with Crippen LogP contribution in [0.5, 0.6) is 11.5 Å². The number of aliphatic imine (C=N–C) groups is 1. The zero-order valence-electron chi connectivity index (χ0n) is 17.8. The van der Waals surface area contributed by atoms with Gasteiger partial charge in [-0.05, 0) is 31.2 Å². The minimum absolute atomic E-state index is 0. The highest BCUT2D eigenvalue weighted by Crippen LogP contribution is 2.25. The largest absolute Gasteiger partial charge is 0.497 e. The van der Waals surface area contributed by atoms with Gasteiger partial charge in [-0.15, -0.1) is 24.0 Å². The molecular weight excluding hydrogens is 497 g/mol. The summed E-state index contributed by atoms with van der Waals surface area (Å²) >= 11 is 0. The van der Waals surface area contributed by atoms with Crippen molar-refractivity contribution in [2.45, 2.75) is 13.5 Å². The van der Waals surface area contributed by atoms with Gasteiger partial charge in [-0.25, -0.2) is 0 Å². The molecule has 0 aliphatic rings. The second-order valence-corrected chi connectivity index (χ2v) is 6.27. The summed E-state index contributed by atoms with van der Waals surface area (Å²) in [7, 11) is 5.23. The van der Waals surface area contributed by atoms with Gasteiger partial charge in [0, 0.05) is 50.7 Å². The molecule has 1 heterocycles. The van der Waals surface area contributed by atoms with Crippen LogP contribution in [0.15, 0.2) is 47.7 Å². The normalized spacial score (nSPS) is 10.6. The van der Waals surface area contributed by atoms with Crippen LogP contribution in [-0.2, 0) is 6.54 Å². The highest BCUT2D eigenvalue weighted by atomic mass is 127. The fourth-order valence-electron chi connectivity index (χ4n) is 2.71. The Balaban J connectivity index is 0.00000450. The van der Waals surface area contributed by atoms with Crippen LogP contribution < -0.4 is 20.1 Å². The lowest BCUT2D eigenvalue weighted by atomic mass is 10.2. The van der Waals surface area contributed by atoms with Crippen LogP contribution >= 0.6 is 24.0 Å². The summed E-state index contributed by atoms with van der Waals surface area (Å²) < 4.78 is 10.7. The van der Waals surface area contributed by atoms with Gasteiger partial charge in [0.1, 0.15) is 11.5 Å². The van der Waals surface area contributed by atoms with E-state index in [1.165, 1.54) is 0 Å². The summed E-state index contributed by atoms with van der Waals surface area (Å²) in [5, 5.41) is 6.12. The van der Waals surface area contributed by atoms with Crippen molar-refractivity contribution < 1.29 is 14.3 Å². The second-order valence-electron chi connectivity index (χ2n) is 6.27. The lowest BCUT2D eigenvalue weighted by Gasteiger charge is -2.23. The fourth-order valence-corrected chi connectivity index (χ4v) is 2.71. The maximum atomic E-state index is 12.1. The Morgan fingerprint density at radius 2 is 2.00 bits per heavy atom. The van der Waals surface area contributed by atoms with Crippen molar-refractivity contribution in [3.63, 3.8) is 0 Å². The van der Waals surface area contributed by atoms with Crippen molar-refractivity contribution in [2.75, 3.05) is 40.9 Å². The number of carbonyl (C=O) groups excluding carboxylic acids is 1. The highest BCUT2D eigenvalue weighted by molar-refractivity contribution is 14.0. The predicted molar refractivity (Wildman–Crippen MR) is 129 cm³/mol. The minimum Gasteiger partial charge on any atom is -0.497 e. The number of methoxy groups -OCH3 is 2. The molecule has 0 atom stereocenters. The summed E-state index contributed by atoms with van der Waals surface area (Å²) in [5.74, 6) is 2.10. The van der Waals surface area contributed by atoms with Gasteiger partial charge in [-0.1, -0.05) is 0 Å². The quantitative estimate of drug-likeness (QED) is 0.226. The van der Waals surface area contributed by atoms with Gasteiger partial charge in [-0.2, -0.15) is 0 Å². The molecule has 164 valence electrons. The molecule has 0 spiro atoms. The number of guanidine groups is 1. The average Bonchev–Trinajstić information content (AvgIpc) is 2.76. The zero-order valence-corrected chi connectivity index (χ0v) is 20.2. The number of amides is 1. The summed E-state index contributed by atoms with van der Waals surface area (Å²) in [5.41, 5.74) is 1.55. The molecule has 9 heteroatoms. The highest BCUT2D eigenvalue weighted by Gasteiger charge is 2.11. The lowest BCUT2D eigenvalue weighted by Crippen LogP contribution is -2.39. The number of nitrogens with zero attached hydrogens (tertiary/aromatic N) is 3. The predicted octanol–water partition coefficient (Wildman–Crippen LogP) is 2.54. The van der Waals surface area contributed by atoms with Crippen molar-refractivity contribution in [2.24, 2.45) is 4.99 Å². The van der Waals surface area contributed by atoms with E-state index in [2.05, 4.69) is 20.6 Å². The van der Waals surface area contributed by atoms with Crippen LogP contribution in [0.25, 0.3) is 0 Å². The van der Waals surface area contributed by atoms with Crippen molar-refractivity contribution in [3.8, 4) is 11.5 Å². The van der Waals surface area contributed by atoms with E-state index in [4.69, 9.17) is 9.47 Å². The van der Waals surface area contributed by atoms with Crippen molar-refractivity contribution in [1.82, 2.24) is 20.5 Å². The monoisotopic (exact) mass is 527 g/mol. The molecule has 1 aromatic carbocycles. The van der Waals surface area contributed by atoms with Gasteiger partial charge in [0.05, 0.1) is 26.3 Å². The van der Waals surface area contributed by atoms with Gasteiger partial charge in [-0.3, -0.25) is 14.8 Å². The molecule has 2 aromatic rings. The Morgan fingerprint density at radius 1 is 1.20 bits per heavy atom. The topological polar surface area (TPSA) is 88.1 Å². The Hall–Kier alpha value is -2.56. The second kappa shape index (κ2) is 13.6. The molecule has 0 aliphatic heterocycles. The Kier molecular flexibility index (Phi) is 11.6. The molecule has 1 amide bonds. The first-order chi connectivity index (χ1) is 14.1. The van der Waals surface area contributed by atoms with Gasteiger partial charge in [0.15, 0.2) is 5.96 Å². The number of pyridine rings is 1. The number of carbonyl (C=O) groups is 1. The van der Waals surface area contributed by atoms with E-state index in [-0.39, 0.29) is 29.9 Å². The molecule has 0 unspecified atom stereocenters. The van der Waals surface area contributed by atoms with Gasteiger partial charge < -0.3 is 25.0 Å². The van der Waals surface area contributed by atoms with E-state index in [1.807, 2.05) is 37.1 Å². The standard InChI is InChI=1S/C21H29N5O3.HI/c1-5-23-21(25-12-11-24-20(27)16-7-6-10-22-14-16)26(2)15-17-8-9-18(28-3)13-19(17)29-4;/h6-10,13-14H,5,11-12,15H2,1-4H3,(H,23,25)(H,24,27);1H. The third-order valence-corrected chi connectivity index (χ3v) is 4.18. The first-order valence-electron chi connectivity index (χ1n) is 9.47. The summed E-state index contributed by atoms with van der Waals surface area (Å²) in [6.45, 7) is 4.26. The lowest BCUT2D eigenvalue weighted by molar-refractivity contribution is 0.0954. The van der Waals surface area contributed by atoms with Gasteiger partial charge in [0.2, 0.25) is 0 Å². The Bertz CT molecular complexity index is 818. The van der Waals surface area contributed by atoms with E-state index in [1.54, 1.807) is 38.7 Å². The Morgan fingerprint density at radius 3 is 2.63 bits per heavy atom. The summed E-state index contributed by atoms with van der Waals surface area (Å²) in [6.07, 6.45) is 3.18. The Labute approximate surface area is 195 Å². The number of rotatable bonds is 9. The SMILES string of the molecule is CCNC(=NCCNC(=O)c1cccnc1)N(C)Cc1ccc(OC)cc1OC.I. The number of nitrogens with one attached hydrogen (secondary N) is 2. The maximum Gasteiger partial charge on any atom is 0.252 e. The molecule has 0 aliphatic carbocycles. The number of benzene rings is 1. The smallest absolute Gasteiger partial charge is 0.252 e. The third-order valence-electron chi connectivity index (χ3n) is 4.18. The first-order valence-corrected chi connectivity index (χ1v) is 9.47. The summed E-state index contributed by atoms with van der Waals surface area (Å²) in [4.78, 5) is 22.6. The average molecular weight is 527 g/mol. The van der Waals surface area contributed by atoms with E-state index in [9.17, 15) is 4.79 Å². The zero-order chi connectivity index (χ0) is 21.1. The number of hydrogen-bond acceptors (Lipinski definition) is 5. The number of ether oxygens (including phenoxy) is 2.